The monoisotopic (exact) mass is 260 g/mol. The van der Waals surface area contributed by atoms with E-state index < -0.39 is 0 Å². The lowest BCUT2D eigenvalue weighted by atomic mass is 10.2. The second-order valence-corrected chi connectivity index (χ2v) is 7.79. The molecule has 1 unspecified atom stereocenters. The third kappa shape index (κ3) is 6.09. The molecule has 0 radical (unpaired) electrons. The van der Waals surface area contributed by atoms with Crippen LogP contribution < -0.4 is 0 Å². The summed E-state index contributed by atoms with van der Waals surface area (Å²) >= 11 is 2.04. The average molecular weight is 260 g/mol. The summed E-state index contributed by atoms with van der Waals surface area (Å²) in [6.07, 6.45) is 0. The lowest BCUT2D eigenvalue weighted by Gasteiger charge is -2.39. The maximum absolute atomic E-state index is 8.97. The fourth-order valence-electron chi connectivity index (χ4n) is 2.22. The summed E-state index contributed by atoms with van der Waals surface area (Å²) in [5.74, 6) is 1.22. The summed E-state index contributed by atoms with van der Waals surface area (Å²) in [7, 11) is 0. The first-order valence-electron chi connectivity index (χ1n) is 6.63. The predicted molar refractivity (Wildman–Crippen MR) is 76.8 cm³/mol. The number of hydrogen-bond donors (Lipinski definition) is 1. The Morgan fingerprint density at radius 3 is 2.47 bits per heavy atom. The highest BCUT2D eigenvalue weighted by molar-refractivity contribution is 8.00. The van der Waals surface area contributed by atoms with Crippen molar-refractivity contribution in [2.24, 2.45) is 0 Å². The largest absolute Gasteiger partial charge is 0.395 e. The molecular formula is C13H28N2OS. The summed E-state index contributed by atoms with van der Waals surface area (Å²) in [4.78, 5) is 4.94. The molecule has 1 heterocycles. The Morgan fingerprint density at radius 2 is 1.94 bits per heavy atom. The Hall–Kier alpha value is 0.230. The van der Waals surface area contributed by atoms with Crippen molar-refractivity contribution in [1.82, 2.24) is 9.80 Å². The average Bonchev–Trinajstić information content (AvgIpc) is 2.20. The molecule has 0 aliphatic carbocycles. The lowest BCUT2D eigenvalue weighted by Crippen LogP contribution is -2.52. The smallest absolute Gasteiger partial charge is 0.0558 e. The number of rotatable bonds is 5. The number of hydrogen-bond acceptors (Lipinski definition) is 4. The van der Waals surface area contributed by atoms with Gasteiger partial charge in [-0.25, -0.2) is 0 Å². The minimum absolute atomic E-state index is 0.282. The molecule has 0 saturated carbocycles. The molecule has 1 aliphatic rings. The zero-order chi connectivity index (χ0) is 12.9. The second kappa shape index (κ2) is 6.98. The van der Waals surface area contributed by atoms with Gasteiger partial charge in [-0.1, -0.05) is 20.8 Å². The van der Waals surface area contributed by atoms with Crippen molar-refractivity contribution in [3.05, 3.63) is 0 Å². The molecule has 1 atom stereocenters. The topological polar surface area (TPSA) is 26.7 Å². The molecule has 1 fully saturated rings. The first-order chi connectivity index (χ1) is 7.92. The highest BCUT2D eigenvalue weighted by Gasteiger charge is 2.23. The van der Waals surface area contributed by atoms with E-state index >= 15 is 0 Å². The molecule has 0 aromatic carbocycles. The van der Waals surface area contributed by atoms with E-state index in [9.17, 15) is 0 Å². The van der Waals surface area contributed by atoms with Crippen LogP contribution in [0.2, 0.25) is 0 Å². The summed E-state index contributed by atoms with van der Waals surface area (Å²) in [6, 6.07) is 0.579. The van der Waals surface area contributed by atoms with E-state index in [4.69, 9.17) is 5.11 Å². The first-order valence-corrected chi connectivity index (χ1v) is 7.62. The maximum Gasteiger partial charge on any atom is 0.0558 e. The fourth-order valence-corrected chi connectivity index (χ4v) is 3.18. The molecule has 0 aromatic rings. The lowest BCUT2D eigenvalue weighted by molar-refractivity contribution is 0.0720. The van der Waals surface area contributed by atoms with Crippen molar-refractivity contribution in [2.45, 2.75) is 38.5 Å². The van der Waals surface area contributed by atoms with E-state index in [0.717, 1.165) is 26.2 Å². The van der Waals surface area contributed by atoms with Crippen LogP contribution in [0.5, 0.6) is 0 Å². The van der Waals surface area contributed by atoms with Crippen LogP contribution in [0.15, 0.2) is 0 Å². The standard InChI is InChI=1S/C13H28N2OS/c1-12-11-14(5-6-15(12)7-9-16)8-10-17-13(2,3)4/h12,16H,5-11H2,1-4H3. The number of aliphatic hydroxyl groups excluding tert-OH is 1. The fraction of sp³-hybridized carbons (Fsp3) is 1.00. The van der Waals surface area contributed by atoms with Gasteiger partial charge in [-0.15, -0.1) is 0 Å². The number of thioether (sulfide) groups is 1. The quantitative estimate of drug-likeness (QED) is 0.811. The minimum Gasteiger partial charge on any atom is -0.395 e. The summed E-state index contributed by atoms with van der Waals surface area (Å²) in [5, 5.41) is 8.97. The minimum atomic E-state index is 0.282. The van der Waals surface area contributed by atoms with Crippen LogP contribution in [0, 0.1) is 0 Å². The van der Waals surface area contributed by atoms with Gasteiger partial charge in [0.25, 0.3) is 0 Å². The predicted octanol–water partition coefficient (Wildman–Crippen LogP) is 1.52. The van der Waals surface area contributed by atoms with Crippen LogP contribution in [0.1, 0.15) is 27.7 Å². The molecule has 102 valence electrons. The van der Waals surface area contributed by atoms with Gasteiger partial charge in [0.15, 0.2) is 0 Å². The molecule has 1 rings (SSSR count). The van der Waals surface area contributed by atoms with Gasteiger partial charge in [-0.3, -0.25) is 9.80 Å². The van der Waals surface area contributed by atoms with Gasteiger partial charge >= 0.3 is 0 Å². The molecule has 1 aliphatic heterocycles. The van der Waals surface area contributed by atoms with E-state index in [0.29, 0.717) is 10.8 Å². The second-order valence-electron chi connectivity index (χ2n) is 5.87. The summed E-state index contributed by atoms with van der Waals surface area (Å²) < 4.78 is 0.379. The normalized spacial score (nSPS) is 24.2. The SMILES string of the molecule is CC1CN(CCSC(C)(C)C)CCN1CCO. The van der Waals surface area contributed by atoms with Crippen molar-refractivity contribution in [1.29, 1.82) is 0 Å². The van der Waals surface area contributed by atoms with Crippen molar-refractivity contribution in [2.75, 3.05) is 45.1 Å². The van der Waals surface area contributed by atoms with Gasteiger partial charge in [0.2, 0.25) is 0 Å². The van der Waals surface area contributed by atoms with Crippen LogP contribution in [-0.2, 0) is 0 Å². The van der Waals surface area contributed by atoms with E-state index in [2.05, 4.69) is 37.5 Å². The van der Waals surface area contributed by atoms with E-state index in [1.54, 1.807) is 0 Å². The van der Waals surface area contributed by atoms with Crippen molar-refractivity contribution in [3.63, 3.8) is 0 Å². The summed E-state index contributed by atoms with van der Waals surface area (Å²) in [6.45, 7) is 14.8. The Bertz CT molecular complexity index is 218. The van der Waals surface area contributed by atoms with Crippen molar-refractivity contribution >= 4 is 11.8 Å². The Balaban J connectivity index is 2.21. The number of β-amino-alcohol motifs (C(OH)–C–C–N with tert-alkyl or cyclic N) is 1. The molecule has 17 heavy (non-hydrogen) atoms. The third-order valence-electron chi connectivity index (χ3n) is 3.18. The molecule has 4 heteroatoms. The molecule has 3 nitrogen and oxygen atoms in total. The molecule has 1 N–H and O–H groups in total. The highest BCUT2D eigenvalue weighted by Crippen LogP contribution is 2.23. The van der Waals surface area contributed by atoms with Crippen LogP contribution in [0.3, 0.4) is 0 Å². The van der Waals surface area contributed by atoms with Crippen LogP contribution in [-0.4, -0.2) is 70.8 Å². The van der Waals surface area contributed by atoms with Crippen LogP contribution in [0.4, 0.5) is 0 Å². The zero-order valence-corrected chi connectivity index (χ0v) is 12.6. The van der Waals surface area contributed by atoms with Crippen LogP contribution in [0.25, 0.3) is 0 Å². The Kier molecular flexibility index (Phi) is 6.27. The van der Waals surface area contributed by atoms with E-state index in [1.807, 2.05) is 11.8 Å². The van der Waals surface area contributed by atoms with Gasteiger partial charge in [-0.2, -0.15) is 11.8 Å². The van der Waals surface area contributed by atoms with Crippen molar-refractivity contribution in [3.8, 4) is 0 Å². The molecule has 0 aromatic heterocycles. The van der Waals surface area contributed by atoms with Gasteiger partial charge < -0.3 is 5.11 Å². The van der Waals surface area contributed by atoms with Crippen LogP contribution >= 0.6 is 11.8 Å². The molecular weight excluding hydrogens is 232 g/mol. The Morgan fingerprint density at radius 1 is 1.24 bits per heavy atom. The molecule has 1 saturated heterocycles. The highest BCUT2D eigenvalue weighted by atomic mass is 32.2. The Labute approximate surface area is 111 Å². The maximum atomic E-state index is 8.97. The van der Waals surface area contributed by atoms with Gasteiger partial charge in [0.1, 0.15) is 0 Å². The van der Waals surface area contributed by atoms with Gasteiger partial charge in [-0.05, 0) is 6.92 Å². The number of aliphatic hydroxyl groups is 1. The molecule has 0 spiro atoms. The number of piperazine rings is 1. The van der Waals surface area contributed by atoms with Gasteiger partial charge in [0.05, 0.1) is 6.61 Å². The van der Waals surface area contributed by atoms with Gasteiger partial charge in [0, 0.05) is 49.3 Å². The zero-order valence-electron chi connectivity index (χ0n) is 11.8. The van der Waals surface area contributed by atoms with Crippen molar-refractivity contribution < 1.29 is 5.11 Å². The first kappa shape index (κ1) is 15.3. The number of nitrogens with zero attached hydrogens (tertiary/aromatic N) is 2. The summed E-state index contributed by atoms with van der Waals surface area (Å²) in [5.41, 5.74) is 0. The van der Waals surface area contributed by atoms with E-state index in [1.165, 1.54) is 12.3 Å². The molecule has 0 bridgehead atoms. The van der Waals surface area contributed by atoms with E-state index in [-0.39, 0.29) is 6.61 Å². The molecule has 0 amide bonds. The third-order valence-corrected chi connectivity index (χ3v) is 4.43.